The molecule has 0 spiro atoms. The monoisotopic (exact) mass is 538 g/mol. The minimum Gasteiger partial charge on any atom is -0.436 e. The second-order valence-electron chi connectivity index (χ2n) is 8.62. The van der Waals surface area contributed by atoms with E-state index in [-0.39, 0.29) is 0 Å². The maximum atomic E-state index is 15.0. The van der Waals surface area contributed by atoms with Crippen molar-refractivity contribution in [3.8, 4) is 0 Å². The van der Waals surface area contributed by atoms with Gasteiger partial charge in [-0.25, -0.2) is 26.3 Å². The van der Waals surface area contributed by atoms with E-state index in [2.05, 4.69) is 4.74 Å². The minimum atomic E-state index is -7.95. The molecule has 0 aromatic heterocycles. The predicted octanol–water partition coefficient (Wildman–Crippen LogP) is 6.91. The third kappa shape index (κ3) is 3.02. The Morgan fingerprint density at radius 3 is 1.15 bits per heavy atom. The predicted molar refractivity (Wildman–Crippen MR) is 82.7 cm³/mol. The van der Waals surface area contributed by atoms with E-state index in [9.17, 15) is 61.9 Å². The van der Waals surface area contributed by atoms with Crippen molar-refractivity contribution in [1.29, 1.82) is 0 Å². The lowest BCUT2D eigenvalue weighted by atomic mass is 9.57. The number of carbonyl (C=O) groups excluding carboxylic acids is 1. The van der Waals surface area contributed by atoms with E-state index in [1.54, 1.807) is 0 Å². The molecule has 34 heavy (non-hydrogen) atoms. The molecule has 0 bridgehead atoms. The molecule has 0 saturated heterocycles. The second kappa shape index (κ2) is 7.23. The standard InChI is InChI=1S/C17H17F15O2/c1-6-8(2,3)7(33)34-13(17(30,31)32)15(26,27)11(22,9(4,18)19)14(24,25)12(23,10(5,20)21)16(13,28)29/h6H2,1-5H3. The third-order valence-corrected chi connectivity index (χ3v) is 5.91. The molecule has 1 saturated carbocycles. The van der Waals surface area contributed by atoms with Crippen molar-refractivity contribution in [2.24, 2.45) is 5.41 Å². The van der Waals surface area contributed by atoms with Crippen LogP contribution in [0.1, 0.15) is 41.0 Å². The van der Waals surface area contributed by atoms with E-state index < -0.39 is 84.4 Å². The lowest BCUT2D eigenvalue weighted by Crippen LogP contribution is -2.95. The van der Waals surface area contributed by atoms with Crippen LogP contribution in [0.5, 0.6) is 0 Å². The van der Waals surface area contributed by atoms with Gasteiger partial charge in [0.05, 0.1) is 5.41 Å². The summed E-state index contributed by atoms with van der Waals surface area (Å²) >= 11 is 0. The molecule has 1 fully saturated rings. The first kappa shape index (κ1) is 30.5. The van der Waals surface area contributed by atoms with Crippen molar-refractivity contribution in [3.05, 3.63) is 0 Å². The van der Waals surface area contributed by atoms with Crippen LogP contribution in [0.15, 0.2) is 0 Å². The number of esters is 1. The van der Waals surface area contributed by atoms with Crippen LogP contribution in [0.25, 0.3) is 0 Å². The van der Waals surface area contributed by atoms with Gasteiger partial charge in [-0.1, -0.05) is 6.92 Å². The van der Waals surface area contributed by atoms with Gasteiger partial charge in [0.1, 0.15) is 0 Å². The fourth-order valence-electron chi connectivity index (χ4n) is 3.38. The van der Waals surface area contributed by atoms with Gasteiger partial charge in [0.25, 0.3) is 11.8 Å². The fraction of sp³-hybridized carbons (Fsp3) is 0.941. The Balaban J connectivity index is 4.52. The normalized spacial score (nSPS) is 34.0. The van der Waals surface area contributed by atoms with Gasteiger partial charge in [-0.15, -0.1) is 0 Å². The Labute approximate surface area is 181 Å². The molecule has 0 aromatic carbocycles. The van der Waals surface area contributed by atoms with Crippen molar-refractivity contribution >= 4 is 5.97 Å². The third-order valence-electron chi connectivity index (χ3n) is 5.91. The molecule has 0 aliphatic heterocycles. The van der Waals surface area contributed by atoms with Gasteiger partial charge in [0.2, 0.25) is 0 Å². The van der Waals surface area contributed by atoms with Gasteiger partial charge < -0.3 is 4.74 Å². The molecular weight excluding hydrogens is 521 g/mol. The highest BCUT2D eigenvalue weighted by atomic mass is 19.4. The maximum Gasteiger partial charge on any atom is 0.441 e. The molecule has 17 heteroatoms. The highest BCUT2D eigenvalue weighted by Gasteiger charge is 3.09. The summed E-state index contributed by atoms with van der Waals surface area (Å²) in [7, 11) is 0. The highest BCUT2D eigenvalue weighted by molar-refractivity contribution is 5.77. The summed E-state index contributed by atoms with van der Waals surface area (Å²) in [6.45, 7) is -0.592. The van der Waals surface area contributed by atoms with Gasteiger partial charge in [0.15, 0.2) is 0 Å². The number of hydrogen-bond acceptors (Lipinski definition) is 2. The van der Waals surface area contributed by atoms with E-state index in [1.807, 2.05) is 0 Å². The largest absolute Gasteiger partial charge is 0.441 e. The number of rotatable bonds is 5. The van der Waals surface area contributed by atoms with Gasteiger partial charge >= 0.3 is 46.9 Å². The van der Waals surface area contributed by atoms with E-state index in [4.69, 9.17) is 0 Å². The molecule has 1 aliphatic carbocycles. The number of alkyl halides is 15. The van der Waals surface area contributed by atoms with Crippen LogP contribution in [-0.2, 0) is 9.53 Å². The summed E-state index contributed by atoms with van der Waals surface area (Å²) in [4.78, 5) is 12.1. The lowest BCUT2D eigenvalue weighted by Gasteiger charge is -2.61. The van der Waals surface area contributed by atoms with E-state index in [0.29, 0.717) is 13.8 Å². The van der Waals surface area contributed by atoms with Gasteiger partial charge in [-0.05, 0) is 20.3 Å². The number of carbonyl (C=O) groups is 1. The van der Waals surface area contributed by atoms with Crippen LogP contribution in [0, 0.1) is 5.41 Å². The number of hydrogen-bond donors (Lipinski definition) is 0. The van der Waals surface area contributed by atoms with Crippen molar-refractivity contribution < 1.29 is 75.4 Å². The van der Waals surface area contributed by atoms with Crippen LogP contribution < -0.4 is 0 Å². The van der Waals surface area contributed by atoms with Crippen LogP contribution in [0.3, 0.4) is 0 Å². The number of ether oxygens (including phenoxy) is 1. The van der Waals surface area contributed by atoms with Crippen molar-refractivity contribution in [2.45, 2.75) is 93.8 Å². The molecule has 0 heterocycles. The Bertz CT molecular complexity index is 778. The first-order valence-electron chi connectivity index (χ1n) is 9.01. The van der Waals surface area contributed by atoms with Gasteiger partial charge in [-0.2, -0.15) is 39.5 Å². The first-order chi connectivity index (χ1) is 14.4. The second-order valence-corrected chi connectivity index (χ2v) is 8.62. The summed E-state index contributed by atoms with van der Waals surface area (Å²) in [6, 6.07) is 0. The van der Waals surface area contributed by atoms with Crippen LogP contribution in [0.4, 0.5) is 65.9 Å². The van der Waals surface area contributed by atoms with E-state index in [1.165, 1.54) is 0 Å². The summed E-state index contributed by atoms with van der Waals surface area (Å²) in [6.07, 6.45) is -8.51. The molecule has 1 rings (SSSR count). The smallest absolute Gasteiger partial charge is 0.436 e. The maximum absolute atomic E-state index is 15.0. The molecule has 2 unspecified atom stereocenters. The van der Waals surface area contributed by atoms with E-state index in [0.717, 1.165) is 6.92 Å². The Morgan fingerprint density at radius 2 is 0.941 bits per heavy atom. The summed E-state index contributed by atoms with van der Waals surface area (Å²) in [5.41, 5.74) is -25.5. The van der Waals surface area contributed by atoms with Gasteiger partial charge in [-0.3, -0.25) is 4.79 Å². The fourth-order valence-corrected chi connectivity index (χ4v) is 3.38. The highest BCUT2D eigenvalue weighted by Crippen LogP contribution is 2.76. The molecule has 2 nitrogen and oxygen atoms in total. The Kier molecular flexibility index (Phi) is 6.47. The zero-order valence-corrected chi connectivity index (χ0v) is 17.7. The molecule has 0 amide bonds. The number of halogens is 15. The molecule has 1 aliphatic rings. The van der Waals surface area contributed by atoms with E-state index >= 15 is 8.78 Å². The molecule has 202 valence electrons. The molecular formula is C17H17F15O2. The molecule has 0 radical (unpaired) electrons. The van der Waals surface area contributed by atoms with Crippen LogP contribution in [-0.4, -0.2) is 58.7 Å². The van der Waals surface area contributed by atoms with Gasteiger partial charge in [0, 0.05) is 13.8 Å². The SMILES string of the molecule is CCC(C)(C)C(=O)OC1(C(F)(F)F)C(F)(F)C(F)(C(C)(F)F)C(F)(F)C(F)(C(C)(F)F)C1(F)F. The average Bonchev–Trinajstić information content (AvgIpc) is 2.59. The lowest BCUT2D eigenvalue weighted by molar-refractivity contribution is -0.523. The van der Waals surface area contributed by atoms with Crippen molar-refractivity contribution in [1.82, 2.24) is 0 Å². The zero-order chi connectivity index (χ0) is 28.0. The topological polar surface area (TPSA) is 26.3 Å². The summed E-state index contributed by atoms with van der Waals surface area (Å²) < 4.78 is 219. The van der Waals surface area contributed by atoms with Crippen LogP contribution in [0.2, 0.25) is 0 Å². The first-order valence-corrected chi connectivity index (χ1v) is 9.01. The molecule has 0 N–H and O–H groups in total. The Morgan fingerprint density at radius 1 is 0.647 bits per heavy atom. The Hall–Kier alpha value is -1.58. The van der Waals surface area contributed by atoms with Crippen molar-refractivity contribution in [2.75, 3.05) is 0 Å². The minimum absolute atomic E-state index is 0.543. The van der Waals surface area contributed by atoms with Crippen LogP contribution >= 0.6 is 0 Å². The zero-order valence-electron chi connectivity index (χ0n) is 17.7. The quantitative estimate of drug-likeness (QED) is 0.281. The average molecular weight is 538 g/mol. The summed E-state index contributed by atoms with van der Waals surface area (Å²) in [5, 5.41) is 0. The van der Waals surface area contributed by atoms with Crippen molar-refractivity contribution in [3.63, 3.8) is 0 Å². The summed E-state index contributed by atoms with van der Waals surface area (Å²) in [5.74, 6) is -39.9. The molecule has 2 atom stereocenters. The molecule has 0 aromatic rings.